The fraction of sp³-hybridized carbons (Fsp3) is 0.778. The standard InChI is InChI=1S/C9H16N2O/c1-8(9(2)12)10-11-6-4-3-5-7-11/h3-7H2,1-2H3. The Hall–Kier alpha value is -0.860. The second kappa shape index (κ2) is 4.24. The van der Waals surface area contributed by atoms with Crippen LogP contribution in [0.25, 0.3) is 0 Å². The molecule has 1 heterocycles. The highest BCUT2D eigenvalue weighted by Crippen LogP contribution is 2.08. The Balaban J connectivity index is 2.47. The summed E-state index contributed by atoms with van der Waals surface area (Å²) in [5.41, 5.74) is 0.622. The third-order valence-electron chi connectivity index (χ3n) is 2.13. The van der Waals surface area contributed by atoms with Gasteiger partial charge in [0.05, 0.1) is 5.71 Å². The first-order valence-electron chi connectivity index (χ1n) is 4.51. The number of hydrogen-bond donors (Lipinski definition) is 0. The molecule has 1 aliphatic rings. The van der Waals surface area contributed by atoms with Crippen LogP contribution in [0.15, 0.2) is 5.10 Å². The van der Waals surface area contributed by atoms with E-state index in [1.807, 2.05) is 5.01 Å². The summed E-state index contributed by atoms with van der Waals surface area (Å²) < 4.78 is 0. The van der Waals surface area contributed by atoms with Crippen molar-refractivity contribution in [2.24, 2.45) is 5.10 Å². The lowest BCUT2D eigenvalue weighted by molar-refractivity contribution is -0.111. The van der Waals surface area contributed by atoms with Crippen molar-refractivity contribution in [2.45, 2.75) is 33.1 Å². The predicted molar refractivity (Wildman–Crippen MR) is 49.2 cm³/mol. The lowest BCUT2D eigenvalue weighted by Crippen LogP contribution is -2.26. The molecule has 68 valence electrons. The molecule has 1 rings (SSSR count). The first-order chi connectivity index (χ1) is 5.70. The zero-order valence-electron chi connectivity index (χ0n) is 7.84. The van der Waals surface area contributed by atoms with E-state index in [9.17, 15) is 4.79 Å². The molecule has 0 aromatic carbocycles. The SMILES string of the molecule is CC(=O)C(C)=NN1CCCCC1. The summed E-state index contributed by atoms with van der Waals surface area (Å²) in [4.78, 5) is 10.9. The number of nitrogens with zero attached hydrogens (tertiary/aromatic N) is 2. The van der Waals surface area contributed by atoms with E-state index in [-0.39, 0.29) is 5.78 Å². The van der Waals surface area contributed by atoms with E-state index in [2.05, 4.69) is 5.10 Å². The maximum atomic E-state index is 10.9. The Kier molecular flexibility index (Phi) is 3.26. The molecule has 0 aromatic rings. The van der Waals surface area contributed by atoms with E-state index < -0.39 is 0 Å². The van der Waals surface area contributed by atoms with Crippen LogP contribution in [0.1, 0.15) is 33.1 Å². The molecular formula is C9H16N2O. The van der Waals surface area contributed by atoms with Gasteiger partial charge in [0, 0.05) is 20.0 Å². The van der Waals surface area contributed by atoms with Gasteiger partial charge in [-0.25, -0.2) is 0 Å². The van der Waals surface area contributed by atoms with Crippen molar-refractivity contribution in [3.05, 3.63) is 0 Å². The van der Waals surface area contributed by atoms with Gasteiger partial charge in [-0.15, -0.1) is 0 Å². The molecule has 0 spiro atoms. The molecule has 1 saturated heterocycles. The van der Waals surface area contributed by atoms with Gasteiger partial charge in [-0.1, -0.05) is 0 Å². The molecule has 0 saturated carbocycles. The van der Waals surface area contributed by atoms with Gasteiger partial charge in [-0.2, -0.15) is 5.10 Å². The van der Waals surface area contributed by atoms with Gasteiger partial charge < -0.3 is 0 Å². The van der Waals surface area contributed by atoms with Crippen molar-refractivity contribution in [3.63, 3.8) is 0 Å². The predicted octanol–water partition coefficient (Wildman–Crippen LogP) is 1.44. The average molecular weight is 168 g/mol. The normalized spacial score (nSPS) is 19.5. The van der Waals surface area contributed by atoms with Gasteiger partial charge in [-0.05, 0) is 26.2 Å². The molecule has 0 bridgehead atoms. The van der Waals surface area contributed by atoms with Gasteiger partial charge in [0.15, 0.2) is 5.78 Å². The van der Waals surface area contributed by atoms with E-state index in [4.69, 9.17) is 0 Å². The topological polar surface area (TPSA) is 32.7 Å². The van der Waals surface area contributed by atoms with Crippen LogP contribution in [0, 0.1) is 0 Å². The molecule has 0 N–H and O–H groups in total. The monoisotopic (exact) mass is 168 g/mol. The number of Topliss-reactive ketones (excluding diaryl/α,β-unsaturated/α-hetero) is 1. The lowest BCUT2D eigenvalue weighted by atomic mass is 10.2. The number of carbonyl (C=O) groups is 1. The summed E-state index contributed by atoms with van der Waals surface area (Å²) >= 11 is 0. The average Bonchev–Trinajstić information content (AvgIpc) is 2.06. The van der Waals surface area contributed by atoms with E-state index >= 15 is 0 Å². The highest BCUT2D eigenvalue weighted by molar-refractivity contribution is 6.37. The Morgan fingerprint density at radius 3 is 2.25 bits per heavy atom. The smallest absolute Gasteiger partial charge is 0.175 e. The highest BCUT2D eigenvalue weighted by atomic mass is 16.1. The van der Waals surface area contributed by atoms with Gasteiger partial charge in [0.1, 0.15) is 0 Å². The zero-order valence-corrected chi connectivity index (χ0v) is 7.84. The van der Waals surface area contributed by atoms with E-state index in [1.54, 1.807) is 13.8 Å². The number of carbonyl (C=O) groups excluding carboxylic acids is 1. The van der Waals surface area contributed by atoms with E-state index in [1.165, 1.54) is 19.3 Å². The summed E-state index contributed by atoms with van der Waals surface area (Å²) in [5, 5.41) is 6.24. The molecule has 0 aromatic heterocycles. The van der Waals surface area contributed by atoms with Crippen molar-refractivity contribution in [1.82, 2.24) is 5.01 Å². The van der Waals surface area contributed by atoms with Crippen LogP contribution < -0.4 is 0 Å². The molecule has 0 unspecified atom stereocenters. The van der Waals surface area contributed by atoms with Crippen LogP contribution in [0.3, 0.4) is 0 Å². The molecule has 1 fully saturated rings. The van der Waals surface area contributed by atoms with Gasteiger partial charge >= 0.3 is 0 Å². The number of ketones is 1. The number of hydrazone groups is 1. The highest BCUT2D eigenvalue weighted by Gasteiger charge is 2.08. The first-order valence-corrected chi connectivity index (χ1v) is 4.51. The molecule has 0 radical (unpaired) electrons. The summed E-state index contributed by atoms with van der Waals surface area (Å²) in [6, 6.07) is 0. The third-order valence-corrected chi connectivity index (χ3v) is 2.13. The molecule has 0 amide bonds. The molecule has 0 atom stereocenters. The van der Waals surface area contributed by atoms with Crippen molar-refractivity contribution >= 4 is 11.5 Å². The summed E-state index contributed by atoms with van der Waals surface area (Å²) in [7, 11) is 0. The van der Waals surface area contributed by atoms with Crippen LogP contribution in [0.2, 0.25) is 0 Å². The molecular weight excluding hydrogens is 152 g/mol. The Bertz CT molecular complexity index is 193. The minimum atomic E-state index is 0.0700. The molecule has 1 aliphatic heterocycles. The molecule has 0 aliphatic carbocycles. The zero-order chi connectivity index (χ0) is 8.97. The molecule has 3 heteroatoms. The largest absolute Gasteiger partial charge is 0.297 e. The van der Waals surface area contributed by atoms with Crippen molar-refractivity contribution in [3.8, 4) is 0 Å². The summed E-state index contributed by atoms with van der Waals surface area (Å²) in [5.74, 6) is 0.0700. The number of hydrogen-bond acceptors (Lipinski definition) is 3. The third kappa shape index (κ3) is 2.64. The fourth-order valence-electron chi connectivity index (χ4n) is 1.26. The van der Waals surface area contributed by atoms with Gasteiger partial charge in [-0.3, -0.25) is 9.80 Å². The Labute approximate surface area is 73.4 Å². The van der Waals surface area contributed by atoms with Crippen LogP contribution in [-0.4, -0.2) is 29.6 Å². The van der Waals surface area contributed by atoms with Crippen molar-refractivity contribution in [2.75, 3.05) is 13.1 Å². The van der Waals surface area contributed by atoms with E-state index in [0.717, 1.165) is 13.1 Å². The number of rotatable bonds is 2. The fourth-order valence-corrected chi connectivity index (χ4v) is 1.26. The van der Waals surface area contributed by atoms with Crippen LogP contribution in [0.4, 0.5) is 0 Å². The Morgan fingerprint density at radius 1 is 1.17 bits per heavy atom. The number of piperidine rings is 1. The van der Waals surface area contributed by atoms with Crippen molar-refractivity contribution in [1.29, 1.82) is 0 Å². The van der Waals surface area contributed by atoms with E-state index in [0.29, 0.717) is 5.71 Å². The quantitative estimate of drug-likeness (QED) is 0.584. The van der Waals surface area contributed by atoms with Gasteiger partial charge in [0.2, 0.25) is 0 Å². The van der Waals surface area contributed by atoms with Crippen LogP contribution in [0.5, 0.6) is 0 Å². The second-order valence-corrected chi connectivity index (χ2v) is 3.26. The maximum Gasteiger partial charge on any atom is 0.175 e. The Morgan fingerprint density at radius 2 is 1.75 bits per heavy atom. The first kappa shape index (κ1) is 9.23. The van der Waals surface area contributed by atoms with Crippen LogP contribution >= 0.6 is 0 Å². The van der Waals surface area contributed by atoms with Crippen LogP contribution in [-0.2, 0) is 4.79 Å². The summed E-state index contributed by atoms with van der Waals surface area (Å²) in [6.07, 6.45) is 3.70. The lowest BCUT2D eigenvalue weighted by Gasteiger charge is -2.23. The minimum Gasteiger partial charge on any atom is -0.297 e. The second-order valence-electron chi connectivity index (χ2n) is 3.26. The summed E-state index contributed by atoms with van der Waals surface area (Å²) in [6.45, 7) is 5.34. The van der Waals surface area contributed by atoms with Gasteiger partial charge in [0.25, 0.3) is 0 Å². The molecule has 12 heavy (non-hydrogen) atoms. The maximum absolute atomic E-state index is 10.9. The minimum absolute atomic E-state index is 0.0700. The molecule has 3 nitrogen and oxygen atoms in total. The van der Waals surface area contributed by atoms with Crippen molar-refractivity contribution < 1.29 is 4.79 Å².